The number of nitrogens with zero attached hydrogens (tertiary/aromatic N) is 2. The quantitative estimate of drug-likeness (QED) is 0.728. The molecule has 28 heavy (non-hydrogen) atoms. The normalized spacial score (nSPS) is 15.2. The molecular weight excluding hydrogens is 406 g/mol. The number of aromatic nitrogens is 1. The molecule has 11 heteroatoms. The lowest BCUT2D eigenvalue weighted by Crippen LogP contribution is -2.44. The lowest BCUT2D eigenvalue weighted by atomic mass is 10.1. The number of nitrogens with one attached hydrogen (secondary N) is 1. The van der Waals surface area contributed by atoms with Gasteiger partial charge in [-0.3, -0.25) is 4.72 Å². The van der Waals surface area contributed by atoms with Crippen molar-refractivity contribution in [2.45, 2.75) is 24.7 Å². The van der Waals surface area contributed by atoms with Crippen LogP contribution in [-0.4, -0.2) is 53.8 Å². The average Bonchev–Trinajstić information content (AvgIpc) is 3.15. The van der Waals surface area contributed by atoms with Crippen LogP contribution < -0.4 is 4.72 Å². The lowest BCUT2D eigenvalue weighted by Gasteiger charge is -2.31. The number of carbonyl (C=O) groups is 2. The van der Waals surface area contributed by atoms with E-state index in [1.165, 1.54) is 10.4 Å². The van der Waals surface area contributed by atoms with Crippen LogP contribution in [-0.2, 0) is 21.4 Å². The number of thiazole rings is 1. The third-order valence-electron chi connectivity index (χ3n) is 4.35. The van der Waals surface area contributed by atoms with Crippen LogP contribution in [0.5, 0.6) is 0 Å². The zero-order valence-corrected chi connectivity index (χ0v) is 16.4. The number of hydrogen-bond donors (Lipinski definition) is 2. The molecule has 2 N–H and O–H groups in total. The zero-order valence-electron chi connectivity index (χ0n) is 14.8. The summed E-state index contributed by atoms with van der Waals surface area (Å²) in [5.74, 6) is -1.30. The largest absolute Gasteiger partial charge is 0.476 e. The molecule has 150 valence electrons. The number of amides is 1. The Labute approximate surface area is 166 Å². The van der Waals surface area contributed by atoms with Gasteiger partial charge in [-0.15, -0.1) is 11.3 Å². The number of carbonyl (C=O) groups excluding carboxylic acids is 1. The van der Waals surface area contributed by atoms with Gasteiger partial charge in [-0.1, -0.05) is 30.3 Å². The first-order valence-corrected chi connectivity index (χ1v) is 10.9. The first-order chi connectivity index (χ1) is 13.4. The van der Waals surface area contributed by atoms with Gasteiger partial charge in [-0.25, -0.2) is 23.0 Å². The second-order valence-electron chi connectivity index (χ2n) is 6.21. The molecule has 0 bridgehead atoms. The molecule has 1 aliphatic rings. The van der Waals surface area contributed by atoms with Crippen LogP contribution in [0.3, 0.4) is 0 Å². The third-order valence-corrected chi connectivity index (χ3v) is 7.06. The van der Waals surface area contributed by atoms with Crippen molar-refractivity contribution < 1.29 is 27.9 Å². The van der Waals surface area contributed by atoms with E-state index in [-0.39, 0.29) is 43.2 Å². The fraction of sp³-hybridized carbons (Fsp3) is 0.353. The summed E-state index contributed by atoms with van der Waals surface area (Å²) >= 11 is 0.912. The lowest BCUT2D eigenvalue weighted by molar-refractivity contribution is 0.0692. The number of likely N-dealkylation sites (tertiary alicyclic amines) is 1. The molecule has 0 spiro atoms. The van der Waals surface area contributed by atoms with E-state index in [2.05, 4.69) is 9.71 Å². The van der Waals surface area contributed by atoms with Gasteiger partial charge in [-0.2, -0.15) is 0 Å². The van der Waals surface area contributed by atoms with E-state index >= 15 is 0 Å². The van der Waals surface area contributed by atoms with E-state index < -0.39 is 27.3 Å². The van der Waals surface area contributed by atoms with Gasteiger partial charge < -0.3 is 14.7 Å². The Bertz CT molecular complexity index is 937. The van der Waals surface area contributed by atoms with Gasteiger partial charge in [0.05, 0.1) is 10.8 Å². The van der Waals surface area contributed by atoms with Crippen LogP contribution in [0.1, 0.15) is 28.9 Å². The van der Waals surface area contributed by atoms with Crippen molar-refractivity contribution in [2.75, 3.05) is 17.8 Å². The third kappa shape index (κ3) is 4.78. The summed E-state index contributed by atoms with van der Waals surface area (Å²) in [4.78, 5) is 28.4. The Morgan fingerprint density at radius 2 is 1.93 bits per heavy atom. The number of hydrogen-bond acceptors (Lipinski definition) is 7. The zero-order chi connectivity index (χ0) is 20.1. The average molecular weight is 425 g/mol. The Hall–Kier alpha value is -2.66. The smallest absolute Gasteiger partial charge is 0.410 e. The molecule has 1 aliphatic heterocycles. The number of rotatable bonds is 6. The molecule has 1 fully saturated rings. The van der Waals surface area contributed by atoms with Gasteiger partial charge >= 0.3 is 12.1 Å². The Balaban J connectivity index is 1.53. The van der Waals surface area contributed by atoms with Gasteiger partial charge in [0.1, 0.15) is 11.6 Å². The molecule has 2 heterocycles. The van der Waals surface area contributed by atoms with E-state index in [9.17, 15) is 18.0 Å². The molecule has 2 aromatic rings. The summed E-state index contributed by atoms with van der Waals surface area (Å²) in [5, 5.41) is 8.30. The molecule has 1 amide bonds. The number of benzene rings is 1. The molecule has 0 aliphatic carbocycles. The van der Waals surface area contributed by atoms with Crippen LogP contribution in [0.2, 0.25) is 0 Å². The molecule has 1 aromatic carbocycles. The molecule has 9 nitrogen and oxygen atoms in total. The molecular formula is C17H19N3O6S2. The van der Waals surface area contributed by atoms with E-state index in [1.54, 1.807) is 0 Å². The second kappa shape index (κ2) is 8.57. The number of piperidine rings is 1. The summed E-state index contributed by atoms with van der Waals surface area (Å²) < 4.78 is 32.7. The maximum Gasteiger partial charge on any atom is 0.410 e. The predicted octanol–water partition coefficient (Wildman–Crippen LogP) is 2.38. The van der Waals surface area contributed by atoms with Crippen LogP contribution in [0, 0.1) is 0 Å². The molecule has 1 saturated heterocycles. The Morgan fingerprint density at radius 1 is 1.25 bits per heavy atom. The van der Waals surface area contributed by atoms with Crippen molar-refractivity contribution in [1.82, 2.24) is 9.88 Å². The molecule has 3 rings (SSSR count). The molecule has 0 atom stereocenters. The van der Waals surface area contributed by atoms with Crippen molar-refractivity contribution >= 4 is 38.4 Å². The van der Waals surface area contributed by atoms with Gasteiger partial charge in [0.25, 0.3) is 0 Å². The summed E-state index contributed by atoms with van der Waals surface area (Å²) in [5.41, 5.74) is 1.82. The minimum atomic E-state index is -3.79. The maximum absolute atomic E-state index is 12.6. The number of carboxylic acids is 1. The van der Waals surface area contributed by atoms with Gasteiger partial charge in [0.15, 0.2) is 5.69 Å². The monoisotopic (exact) mass is 425 g/mol. The van der Waals surface area contributed by atoms with E-state index in [1.807, 2.05) is 30.3 Å². The summed E-state index contributed by atoms with van der Waals surface area (Å²) in [6.07, 6.45) is -0.0168. The standard InChI is InChI=1S/C17H19N3O6S2/c21-16(22)14-15(27-11-18-14)19-28(24,25)13-6-8-20(9-7-13)17(23)26-10-12-4-2-1-3-5-12/h1-5,11,13,19H,6-10H2,(H,21,22). The molecule has 1 aromatic heterocycles. The highest BCUT2D eigenvalue weighted by atomic mass is 32.2. The van der Waals surface area contributed by atoms with Crippen LogP contribution >= 0.6 is 11.3 Å². The molecule has 0 unspecified atom stereocenters. The highest BCUT2D eigenvalue weighted by molar-refractivity contribution is 7.93. The summed E-state index contributed by atoms with van der Waals surface area (Å²) in [6.45, 7) is 0.643. The van der Waals surface area contributed by atoms with Crippen molar-refractivity contribution in [2.24, 2.45) is 0 Å². The van der Waals surface area contributed by atoms with Crippen LogP contribution in [0.4, 0.5) is 9.80 Å². The number of aromatic carboxylic acids is 1. The number of ether oxygens (including phenoxy) is 1. The number of sulfonamides is 1. The van der Waals surface area contributed by atoms with Crippen molar-refractivity contribution in [3.05, 3.63) is 47.1 Å². The number of anilines is 1. The SMILES string of the molecule is O=C(O)c1ncsc1NS(=O)(=O)C1CCN(C(=O)OCc2ccccc2)CC1. The highest BCUT2D eigenvalue weighted by Crippen LogP contribution is 2.26. The Kier molecular flexibility index (Phi) is 6.15. The molecule has 0 radical (unpaired) electrons. The van der Waals surface area contributed by atoms with E-state index in [0.29, 0.717) is 0 Å². The van der Waals surface area contributed by atoms with E-state index in [0.717, 1.165) is 16.9 Å². The van der Waals surface area contributed by atoms with Gasteiger partial charge in [0.2, 0.25) is 10.0 Å². The van der Waals surface area contributed by atoms with Crippen LogP contribution in [0.15, 0.2) is 35.8 Å². The first kappa shape index (κ1) is 20.1. The first-order valence-electron chi connectivity index (χ1n) is 8.51. The Morgan fingerprint density at radius 3 is 2.57 bits per heavy atom. The minimum Gasteiger partial charge on any atom is -0.476 e. The molecule has 0 saturated carbocycles. The van der Waals surface area contributed by atoms with Crippen molar-refractivity contribution in [1.29, 1.82) is 0 Å². The van der Waals surface area contributed by atoms with Crippen molar-refractivity contribution in [3.8, 4) is 0 Å². The van der Waals surface area contributed by atoms with Gasteiger partial charge in [-0.05, 0) is 18.4 Å². The maximum atomic E-state index is 12.6. The summed E-state index contributed by atoms with van der Waals surface area (Å²) in [6, 6.07) is 9.28. The minimum absolute atomic E-state index is 0.0165. The summed E-state index contributed by atoms with van der Waals surface area (Å²) in [7, 11) is -3.79. The highest BCUT2D eigenvalue weighted by Gasteiger charge is 2.33. The van der Waals surface area contributed by atoms with Crippen LogP contribution in [0.25, 0.3) is 0 Å². The fourth-order valence-corrected chi connectivity index (χ4v) is 5.25. The van der Waals surface area contributed by atoms with Gasteiger partial charge in [0, 0.05) is 13.1 Å². The predicted molar refractivity (Wildman–Crippen MR) is 103 cm³/mol. The topological polar surface area (TPSA) is 126 Å². The van der Waals surface area contributed by atoms with E-state index in [4.69, 9.17) is 9.84 Å². The number of carboxylic acid groups (broad SMARTS) is 1. The van der Waals surface area contributed by atoms with Crippen molar-refractivity contribution in [3.63, 3.8) is 0 Å². The second-order valence-corrected chi connectivity index (χ2v) is 9.02. The fourth-order valence-electron chi connectivity index (χ4n) is 2.84.